The maximum atomic E-state index is 9.22. The molecule has 0 aliphatic carbocycles. The van der Waals surface area contributed by atoms with E-state index in [-0.39, 0.29) is 6.10 Å². The van der Waals surface area contributed by atoms with Crippen molar-refractivity contribution < 1.29 is 9.84 Å². The van der Waals surface area contributed by atoms with Gasteiger partial charge in [-0.05, 0) is 43.3 Å². The van der Waals surface area contributed by atoms with Crippen molar-refractivity contribution in [3.63, 3.8) is 0 Å². The second-order valence-electron chi connectivity index (χ2n) is 4.05. The molecule has 0 radical (unpaired) electrons. The second-order valence-corrected chi connectivity index (χ2v) is 5.14. The number of hydrogen-bond acceptors (Lipinski definition) is 3. The number of benzene rings is 2. The first kappa shape index (κ1) is 13.0. The molecular weight excluding hydrogens is 244 g/mol. The Morgan fingerprint density at radius 1 is 1.00 bits per heavy atom. The molecule has 0 aromatic heterocycles. The number of ether oxygens (including phenoxy) is 1. The molecule has 18 heavy (non-hydrogen) atoms. The summed E-state index contributed by atoms with van der Waals surface area (Å²) in [6.45, 7) is 1.79. The number of para-hydroxylation sites is 1. The highest BCUT2D eigenvalue weighted by Gasteiger charge is 2.00. The van der Waals surface area contributed by atoms with E-state index in [1.807, 2.05) is 54.6 Å². The van der Waals surface area contributed by atoms with Crippen molar-refractivity contribution in [1.82, 2.24) is 0 Å². The lowest BCUT2D eigenvalue weighted by atomic mass is 10.3. The van der Waals surface area contributed by atoms with E-state index in [0.717, 1.165) is 16.4 Å². The van der Waals surface area contributed by atoms with E-state index < -0.39 is 0 Å². The zero-order valence-electron chi connectivity index (χ0n) is 10.2. The summed E-state index contributed by atoms with van der Waals surface area (Å²) in [5.41, 5.74) is 0. The Kier molecular flexibility index (Phi) is 4.67. The molecule has 0 aliphatic rings. The van der Waals surface area contributed by atoms with Crippen LogP contribution in [0.1, 0.15) is 6.92 Å². The summed E-state index contributed by atoms with van der Waals surface area (Å²) in [7, 11) is 0. The summed E-state index contributed by atoms with van der Waals surface area (Å²) in [6.07, 6.45) is -0.282. The minimum atomic E-state index is -0.282. The molecule has 1 N–H and O–H groups in total. The Balaban J connectivity index is 1.95. The van der Waals surface area contributed by atoms with E-state index >= 15 is 0 Å². The Hall–Kier alpha value is -1.45. The van der Waals surface area contributed by atoms with Gasteiger partial charge < -0.3 is 9.84 Å². The summed E-state index contributed by atoms with van der Waals surface area (Å²) >= 11 is 1.64. The van der Waals surface area contributed by atoms with Crippen molar-refractivity contribution in [1.29, 1.82) is 0 Å². The van der Waals surface area contributed by atoms with Crippen LogP contribution >= 0.6 is 11.8 Å². The number of aliphatic hydroxyl groups excluding tert-OH is 1. The van der Waals surface area contributed by atoms with Gasteiger partial charge in [-0.3, -0.25) is 0 Å². The first-order valence-electron chi connectivity index (χ1n) is 5.88. The molecule has 2 rings (SSSR count). The van der Waals surface area contributed by atoms with Crippen molar-refractivity contribution >= 4 is 11.8 Å². The fourth-order valence-corrected chi connectivity index (χ4v) is 2.21. The lowest BCUT2D eigenvalue weighted by Gasteiger charge is -2.07. The molecule has 0 heterocycles. The molecule has 94 valence electrons. The Morgan fingerprint density at radius 3 is 2.22 bits per heavy atom. The zero-order chi connectivity index (χ0) is 12.8. The molecule has 1 unspecified atom stereocenters. The number of hydrogen-bond donors (Lipinski definition) is 1. The van der Waals surface area contributed by atoms with Gasteiger partial charge in [0, 0.05) is 10.6 Å². The number of thioether (sulfide) groups is 1. The predicted octanol–water partition coefficient (Wildman–Crippen LogP) is 3.95. The van der Waals surface area contributed by atoms with Gasteiger partial charge in [0.1, 0.15) is 11.5 Å². The van der Waals surface area contributed by atoms with Crippen LogP contribution in [0.3, 0.4) is 0 Å². The first-order valence-corrected chi connectivity index (χ1v) is 6.86. The predicted molar refractivity (Wildman–Crippen MR) is 75.4 cm³/mol. The highest BCUT2D eigenvalue weighted by Crippen LogP contribution is 2.25. The van der Waals surface area contributed by atoms with Crippen LogP contribution in [0.2, 0.25) is 0 Å². The van der Waals surface area contributed by atoms with Gasteiger partial charge in [0.15, 0.2) is 0 Å². The smallest absolute Gasteiger partial charge is 0.127 e. The van der Waals surface area contributed by atoms with Crippen LogP contribution in [0.4, 0.5) is 0 Å². The first-order chi connectivity index (χ1) is 8.74. The fourth-order valence-electron chi connectivity index (χ4n) is 1.45. The van der Waals surface area contributed by atoms with E-state index in [1.54, 1.807) is 18.7 Å². The van der Waals surface area contributed by atoms with E-state index in [1.165, 1.54) is 0 Å². The molecule has 2 aromatic carbocycles. The van der Waals surface area contributed by atoms with Gasteiger partial charge in [0.2, 0.25) is 0 Å². The maximum Gasteiger partial charge on any atom is 0.127 e. The van der Waals surface area contributed by atoms with Crippen molar-refractivity contribution in [3.8, 4) is 11.5 Å². The average molecular weight is 260 g/mol. The molecule has 0 spiro atoms. The number of aliphatic hydroxyl groups is 1. The summed E-state index contributed by atoms with van der Waals surface area (Å²) in [5, 5.41) is 9.22. The Bertz CT molecular complexity index is 466. The lowest BCUT2D eigenvalue weighted by Crippen LogP contribution is -2.01. The largest absolute Gasteiger partial charge is 0.457 e. The van der Waals surface area contributed by atoms with Crippen molar-refractivity contribution in [2.45, 2.75) is 17.9 Å². The molecule has 0 amide bonds. The molecule has 1 atom stereocenters. The SMILES string of the molecule is CC(O)CSc1ccc(Oc2ccccc2)cc1. The third-order valence-corrected chi connectivity index (χ3v) is 3.55. The van der Waals surface area contributed by atoms with Crippen LogP contribution in [-0.4, -0.2) is 17.0 Å². The van der Waals surface area contributed by atoms with Crippen LogP contribution < -0.4 is 4.74 Å². The van der Waals surface area contributed by atoms with E-state index in [2.05, 4.69) is 0 Å². The molecule has 2 aromatic rings. The average Bonchev–Trinajstić information content (AvgIpc) is 2.39. The quantitative estimate of drug-likeness (QED) is 0.825. The minimum absolute atomic E-state index is 0.282. The summed E-state index contributed by atoms with van der Waals surface area (Å²) < 4.78 is 5.70. The Morgan fingerprint density at radius 2 is 1.61 bits per heavy atom. The van der Waals surface area contributed by atoms with Crippen molar-refractivity contribution in [2.24, 2.45) is 0 Å². The maximum absolute atomic E-state index is 9.22. The minimum Gasteiger partial charge on any atom is -0.457 e. The normalized spacial score (nSPS) is 12.1. The molecule has 0 saturated carbocycles. The number of rotatable bonds is 5. The third kappa shape index (κ3) is 4.09. The van der Waals surface area contributed by atoms with Crippen LogP contribution in [0.25, 0.3) is 0 Å². The van der Waals surface area contributed by atoms with Gasteiger partial charge in [0.25, 0.3) is 0 Å². The summed E-state index contributed by atoms with van der Waals surface area (Å²) in [5.74, 6) is 2.36. The second kappa shape index (κ2) is 6.47. The molecule has 0 aliphatic heterocycles. The van der Waals surface area contributed by atoms with Crippen LogP contribution in [0, 0.1) is 0 Å². The highest BCUT2D eigenvalue weighted by atomic mass is 32.2. The molecule has 2 nitrogen and oxygen atoms in total. The standard InChI is InChI=1S/C15H16O2S/c1-12(16)11-18-15-9-7-14(8-10-15)17-13-5-3-2-4-6-13/h2-10,12,16H,11H2,1H3. The highest BCUT2D eigenvalue weighted by molar-refractivity contribution is 7.99. The fraction of sp³-hybridized carbons (Fsp3) is 0.200. The lowest BCUT2D eigenvalue weighted by molar-refractivity contribution is 0.220. The van der Waals surface area contributed by atoms with E-state index in [9.17, 15) is 5.11 Å². The van der Waals surface area contributed by atoms with Gasteiger partial charge in [-0.15, -0.1) is 11.8 Å². The van der Waals surface area contributed by atoms with Crippen molar-refractivity contribution in [2.75, 3.05) is 5.75 Å². The van der Waals surface area contributed by atoms with Gasteiger partial charge in [0.05, 0.1) is 6.10 Å². The van der Waals surface area contributed by atoms with E-state index in [0.29, 0.717) is 5.75 Å². The molecule has 0 saturated heterocycles. The summed E-state index contributed by atoms with van der Waals surface area (Å²) in [4.78, 5) is 1.14. The van der Waals surface area contributed by atoms with E-state index in [4.69, 9.17) is 4.74 Å². The summed E-state index contributed by atoms with van der Waals surface area (Å²) in [6, 6.07) is 17.6. The monoisotopic (exact) mass is 260 g/mol. The molecule has 3 heteroatoms. The van der Waals surface area contributed by atoms with Crippen LogP contribution in [0.5, 0.6) is 11.5 Å². The van der Waals surface area contributed by atoms with Crippen LogP contribution in [-0.2, 0) is 0 Å². The third-order valence-electron chi connectivity index (χ3n) is 2.29. The van der Waals surface area contributed by atoms with Gasteiger partial charge >= 0.3 is 0 Å². The zero-order valence-corrected chi connectivity index (χ0v) is 11.1. The molecule has 0 fully saturated rings. The molecule has 0 bridgehead atoms. The van der Waals surface area contributed by atoms with Crippen LogP contribution in [0.15, 0.2) is 59.5 Å². The topological polar surface area (TPSA) is 29.5 Å². The van der Waals surface area contributed by atoms with Gasteiger partial charge in [-0.1, -0.05) is 18.2 Å². The van der Waals surface area contributed by atoms with Crippen molar-refractivity contribution in [3.05, 3.63) is 54.6 Å². The van der Waals surface area contributed by atoms with Gasteiger partial charge in [-0.25, -0.2) is 0 Å². The molecular formula is C15H16O2S. The van der Waals surface area contributed by atoms with Gasteiger partial charge in [-0.2, -0.15) is 0 Å². The Labute approximate surface area is 112 Å².